The van der Waals surface area contributed by atoms with E-state index in [1.165, 1.54) is 0 Å². The average Bonchev–Trinajstić information content (AvgIpc) is 2.51. The Balaban J connectivity index is 2.54. The summed E-state index contributed by atoms with van der Waals surface area (Å²) in [7, 11) is 0. The Morgan fingerprint density at radius 2 is 1.79 bits per heavy atom. The van der Waals surface area contributed by atoms with Gasteiger partial charge in [-0.2, -0.15) is 0 Å². The second kappa shape index (κ2) is 4.65. The molecule has 0 saturated heterocycles. The van der Waals surface area contributed by atoms with Crippen LogP contribution < -0.4 is 5.32 Å². The Morgan fingerprint density at radius 3 is 2.21 bits per heavy atom. The zero-order valence-corrected chi connectivity index (χ0v) is 9.79. The van der Waals surface area contributed by atoms with E-state index in [0.29, 0.717) is 18.0 Å². The first-order valence-electron chi connectivity index (χ1n) is 5.33. The van der Waals surface area contributed by atoms with Gasteiger partial charge in [-0.3, -0.25) is 0 Å². The molecule has 14 heavy (non-hydrogen) atoms. The molecule has 0 unspecified atom stereocenters. The lowest BCUT2D eigenvalue weighted by atomic mass is 10.1. The first-order valence-corrected chi connectivity index (χ1v) is 5.33. The van der Waals surface area contributed by atoms with Gasteiger partial charge in [0.1, 0.15) is 11.5 Å². The van der Waals surface area contributed by atoms with E-state index in [4.69, 9.17) is 4.42 Å². The largest absolute Gasteiger partial charge is 0.465 e. The van der Waals surface area contributed by atoms with Gasteiger partial charge in [0.15, 0.2) is 0 Å². The zero-order valence-electron chi connectivity index (χ0n) is 9.79. The van der Waals surface area contributed by atoms with Crippen LogP contribution in [0.5, 0.6) is 0 Å². The second-order valence-electron chi connectivity index (χ2n) is 4.37. The third-order valence-electron chi connectivity index (χ3n) is 2.70. The van der Waals surface area contributed by atoms with Crippen LogP contribution in [0.15, 0.2) is 16.5 Å². The van der Waals surface area contributed by atoms with Crippen LogP contribution in [-0.4, -0.2) is 6.04 Å². The highest BCUT2D eigenvalue weighted by molar-refractivity contribution is 5.09. The fourth-order valence-corrected chi connectivity index (χ4v) is 1.36. The molecule has 1 rings (SSSR count). The molecule has 0 bridgehead atoms. The summed E-state index contributed by atoms with van der Waals surface area (Å²) in [6.45, 7) is 10.8. The lowest BCUT2D eigenvalue weighted by Crippen LogP contribution is -2.32. The molecule has 1 N–H and O–H groups in total. The van der Waals surface area contributed by atoms with Gasteiger partial charge in [-0.25, -0.2) is 0 Å². The summed E-state index contributed by atoms with van der Waals surface area (Å²) >= 11 is 0. The molecule has 2 nitrogen and oxygen atoms in total. The highest BCUT2D eigenvalue weighted by Crippen LogP contribution is 2.17. The molecule has 0 aliphatic rings. The summed E-state index contributed by atoms with van der Waals surface area (Å²) in [6, 6.07) is 4.85. The normalized spacial score (nSPS) is 15.9. The lowest BCUT2D eigenvalue weighted by molar-refractivity contribution is 0.347. The Kier molecular flexibility index (Phi) is 3.76. The predicted molar refractivity (Wildman–Crippen MR) is 59.3 cm³/mol. The van der Waals surface area contributed by atoms with E-state index in [1.807, 2.05) is 19.1 Å². The van der Waals surface area contributed by atoms with E-state index in [0.717, 1.165) is 11.5 Å². The molecule has 1 aromatic rings. The number of nitrogens with one attached hydrogen (secondary N) is 1. The summed E-state index contributed by atoms with van der Waals surface area (Å²) in [5.74, 6) is 2.65. The molecular formula is C12H21NO. The Labute approximate surface area is 86.7 Å². The molecule has 2 atom stereocenters. The number of furan rings is 1. The Morgan fingerprint density at radius 1 is 1.14 bits per heavy atom. The quantitative estimate of drug-likeness (QED) is 0.797. The van der Waals surface area contributed by atoms with Crippen molar-refractivity contribution in [1.82, 2.24) is 5.32 Å². The Bertz CT molecular complexity index is 278. The molecule has 0 amide bonds. The number of rotatable bonds is 4. The van der Waals surface area contributed by atoms with Crippen LogP contribution in [0.4, 0.5) is 0 Å². The molecule has 1 heterocycles. The maximum Gasteiger partial charge on any atom is 0.120 e. The van der Waals surface area contributed by atoms with Gasteiger partial charge in [0, 0.05) is 6.04 Å². The highest BCUT2D eigenvalue weighted by atomic mass is 16.3. The van der Waals surface area contributed by atoms with Crippen LogP contribution >= 0.6 is 0 Å². The SMILES string of the molecule is Cc1ccc([C@@H](C)N[C@H](C)C(C)C)o1. The predicted octanol–water partition coefficient (Wildman–Crippen LogP) is 3.28. The van der Waals surface area contributed by atoms with Crippen molar-refractivity contribution in [3.63, 3.8) is 0 Å². The maximum atomic E-state index is 5.56. The van der Waals surface area contributed by atoms with Crippen LogP contribution in [-0.2, 0) is 0 Å². The number of hydrogen-bond donors (Lipinski definition) is 1. The van der Waals surface area contributed by atoms with E-state index < -0.39 is 0 Å². The van der Waals surface area contributed by atoms with Crippen LogP contribution in [0.2, 0.25) is 0 Å². The van der Waals surface area contributed by atoms with Crippen molar-refractivity contribution in [3.05, 3.63) is 23.7 Å². The molecular weight excluding hydrogens is 174 g/mol. The lowest BCUT2D eigenvalue weighted by Gasteiger charge is -2.21. The van der Waals surface area contributed by atoms with E-state index in [1.54, 1.807) is 0 Å². The topological polar surface area (TPSA) is 25.2 Å². The smallest absolute Gasteiger partial charge is 0.120 e. The minimum absolute atomic E-state index is 0.293. The fraction of sp³-hybridized carbons (Fsp3) is 0.667. The third-order valence-corrected chi connectivity index (χ3v) is 2.70. The van der Waals surface area contributed by atoms with Crippen molar-refractivity contribution in [1.29, 1.82) is 0 Å². The number of aryl methyl sites for hydroxylation is 1. The van der Waals surface area contributed by atoms with Gasteiger partial charge in [0.25, 0.3) is 0 Å². The molecule has 0 radical (unpaired) electrons. The van der Waals surface area contributed by atoms with Gasteiger partial charge in [-0.15, -0.1) is 0 Å². The molecule has 0 aliphatic heterocycles. The summed E-state index contributed by atoms with van der Waals surface area (Å²) < 4.78 is 5.56. The molecule has 0 aromatic carbocycles. The van der Waals surface area contributed by atoms with Crippen LogP contribution in [0.1, 0.15) is 45.3 Å². The minimum Gasteiger partial charge on any atom is -0.465 e. The van der Waals surface area contributed by atoms with Crippen LogP contribution in [0.25, 0.3) is 0 Å². The van der Waals surface area contributed by atoms with Gasteiger partial charge in [0.05, 0.1) is 6.04 Å². The van der Waals surface area contributed by atoms with Gasteiger partial charge in [0.2, 0.25) is 0 Å². The summed E-state index contributed by atoms with van der Waals surface area (Å²) in [4.78, 5) is 0. The van der Waals surface area contributed by atoms with Gasteiger partial charge < -0.3 is 9.73 Å². The van der Waals surface area contributed by atoms with Crippen molar-refractivity contribution in [2.24, 2.45) is 5.92 Å². The maximum absolute atomic E-state index is 5.56. The van der Waals surface area contributed by atoms with Gasteiger partial charge in [-0.05, 0) is 38.8 Å². The van der Waals surface area contributed by atoms with E-state index in [2.05, 4.69) is 33.0 Å². The summed E-state index contributed by atoms with van der Waals surface area (Å²) in [6.07, 6.45) is 0. The molecule has 0 spiro atoms. The van der Waals surface area contributed by atoms with Crippen molar-refractivity contribution >= 4 is 0 Å². The Hall–Kier alpha value is -0.760. The van der Waals surface area contributed by atoms with Gasteiger partial charge >= 0.3 is 0 Å². The van der Waals surface area contributed by atoms with Crippen molar-refractivity contribution in [2.75, 3.05) is 0 Å². The third kappa shape index (κ3) is 2.88. The summed E-state index contributed by atoms with van der Waals surface area (Å²) in [5, 5.41) is 3.52. The van der Waals surface area contributed by atoms with Crippen molar-refractivity contribution in [2.45, 2.75) is 46.7 Å². The first kappa shape index (κ1) is 11.3. The number of hydrogen-bond acceptors (Lipinski definition) is 2. The van der Waals surface area contributed by atoms with Crippen molar-refractivity contribution in [3.8, 4) is 0 Å². The first-order chi connectivity index (χ1) is 6.50. The molecule has 0 fully saturated rings. The molecule has 1 aromatic heterocycles. The second-order valence-corrected chi connectivity index (χ2v) is 4.37. The molecule has 2 heteroatoms. The van der Waals surface area contributed by atoms with Gasteiger partial charge in [-0.1, -0.05) is 13.8 Å². The summed E-state index contributed by atoms with van der Waals surface area (Å²) in [5.41, 5.74) is 0. The molecule has 0 saturated carbocycles. The van der Waals surface area contributed by atoms with E-state index in [9.17, 15) is 0 Å². The molecule has 80 valence electrons. The van der Waals surface area contributed by atoms with Crippen LogP contribution in [0, 0.1) is 12.8 Å². The zero-order chi connectivity index (χ0) is 10.7. The average molecular weight is 195 g/mol. The highest BCUT2D eigenvalue weighted by Gasteiger charge is 2.14. The van der Waals surface area contributed by atoms with E-state index >= 15 is 0 Å². The monoisotopic (exact) mass is 195 g/mol. The fourth-order valence-electron chi connectivity index (χ4n) is 1.36. The minimum atomic E-state index is 0.293. The standard InChI is InChI=1S/C12H21NO/c1-8(2)10(4)13-11(5)12-7-6-9(3)14-12/h6-8,10-11,13H,1-5H3/t10-,11-/m1/s1. The van der Waals surface area contributed by atoms with Crippen molar-refractivity contribution < 1.29 is 4.42 Å². The van der Waals surface area contributed by atoms with E-state index in [-0.39, 0.29) is 0 Å². The van der Waals surface area contributed by atoms with Crippen LogP contribution in [0.3, 0.4) is 0 Å². The molecule has 0 aliphatic carbocycles.